The topological polar surface area (TPSA) is 72.5 Å². The van der Waals surface area contributed by atoms with Crippen LogP contribution in [0.1, 0.15) is 60.9 Å². The van der Waals surface area contributed by atoms with E-state index >= 15 is 0 Å². The molecule has 1 saturated heterocycles. The van der Waals surface area contributed by atoms with Gasteiger partial charge in [-0.2, -0.15) is 0 Å². The second-order valence-corrected chi connectivity index (χ2v) is 9.46. The van der Waals surface area contributed by atoms with Crippen molar-refractivity contribution >= 4 is 44.9 Å². The van der Waals surface area contributed by atoms with E-state index in [2.05, 4.69) is 5.32 Å². The lowest BCUT2D eigenvalue weighted by Gasteiger charge is -2.08. The van der Waals surface area contributed by atoms with Gasteiger partial charge in [0.1, 0.15) is 0 Å². The Balaban J connectivity index is 1.39. The molecule has 1 aromatic carbocycles. The molecule has 1 fully saturated rings. The van der Waals surface area contributed by atoms with E-state index in [1.54, 1.807) is 25.1 Å². The number of esters is 1. The predicted molar refractivity (Wildman–Crippen MR) is 106 cm³/mol. The fourth-order valence-electron chi connectivity index (χ4n) is 3.10. The van der Waals surface area contributed by atoms with E-state index < -0.39 is 0 Å². The van der Waals surface area contributed by atoms with Crippen LogP contribution in [0.25, 0.3) is 0 Å². The molecule has 2 atom stereocenters. The van der Waals surface area contributed by atoms with Crippen molar-refractivity contribution in [2.75, 3.05) is 17.7 Å². The highest BCUT2D eigenvalue weighted by molar-refractivity contribution is 8.77. The maximum atomic E-state index is 12.3. The largest absolute Gasteiger partial charge is 0.457 e. The van der Waals surface area contributed by atoms with Gasteiger partial charge in [0.2, 0.25) is 5.91 Å². The van der Waals surface area contributed by atoms with E-state index in [0.717, 1.165) is 35.8 Å². The number of amides is 1. The van der Waals surface area contributed by atoms with Crippen LogP contribution in [-0.4, -0.2) is 35.3 Å². The van der Waals surface area contributed by atoms with Crippen LogP contribution in [0.15, 0.2) is 18.2 Å². The zero-order chi connectivity index (χ0) is 18.5. The van der Waals surface area contributed by atoms with Gasteiger partial charge in [-0.15, -0.1) is 0 Å². The van der Waals surface area contributed by atoms with Crippen LogP contribution in [-0.2, 0) is 14.3 Å². The van der Waals surface area contributed by atoms with Crippen molar-refractivity contribution < 1.29 is 19.1 Å². The Hall–Kier alpha value is -1.47. The SMILES string of the molecule is C[C@@H]1C(=O)Nc2ccc(C(=O)COC(=O)CCCC[C@@H]3CCSS3)cc21. The number of carbonyl (C=O) groups is 3. The summed E-state index contributed by atoms with van der Waals surface area (Å²) in [5.74, 6) is 0.332. The number of Topliss-reactive ketones (excluding diaryl/α,β-unsaturated/α-hetero) is 1. The average Bonchev–Trinajstić information content (AvgIpc) is 3.25. The summed E-state index contributed by atoms with van der Waals surface area (Å²) in [5.41, 5.74) is 2.03. The van der Waals surface area contributed by atoms with E-state index in [0.29, 0.717) is 12.0 Å². The summed E-state index contributed by atoms with van der Waals surface area (Å²) in [6.07, 6.45) is 4.58. The summed E-state index contributed by atoms with van der Waals surface area (Å²) in [6, 6.07) is 5.10. The highest BCUT2D eigenvalue weighted by Crippen LogP contribution is 2.39. The van der Waals surface area contributed by atoms with Gasteiger partial charge in [0.25, 0.3) is 0 Å². The molecular weight excluding hydrogens is 370 g/mol. The second-order valence-electron chi connectivity index (χ2n) is 6.67. The molecular formula is C19H23NO4S2. The minimum atomic E-state index is -0.321. The summed E-state index contributed by atoms with van der Waals surface area (Å²) < 4.78 is 5.12. The van der Waals surface area contributed by atoms with Gasteiger partial charge in [0.15, 0.2) is 12.4 Å². The molecule has 0 saturated carbocycles. The van der Waals surface area contributed by atoms with Gasteiger partial charge in [-0.1, -0.05) is 28.0 Å². The molecule has 0 aliphatic carbocycles. The standard InChI is InChI=1S/C19H23NO4S2/c1-12-15-10-13(6-7-16(15)20-19(12)23)17(21)11-24-18(22)5-3-2-4-14-8-9-25-26-14/h6-7,10,12,14H,2-5,8-9,11H2,1H3,(H,20,23)/t12-,14+/m0/s1. The Kier molecular flexibility index (Phi) is 6.64. The van der Waals surface area contributed by atoms with Gasteiger partial charge in [-0.3, -0.25) is 14.4 Å². The highest BCUT2D eigenvalue weighted by atomic mass is 33.1. The molecule has 1 N–H and O–H groups in total. The van der Waals surface area contributed by atoms with E-state index in [-0.39, 0.29) is 30.2 Å². The molecule has 5 nitrogen and oxygen atoms in total. The molecule has 7 heteroatoms. The lowest BCUT2D eigenvalue weighted by Crippen LogP contribution is -2.14. The van der Waals surface area contributed by atoms with E-state index in [4.69, 9.17) is 4.74 Å². The van der Waals surface area contributed by atoms with E-state index in [9.17, 15) is 14.4 Å². The monoisotopic (exact) mass is 393 g/mol. The molecule has 0 spiro atoms. The molecule has 2 aliphatic rings. The molecule has 2 heterocycles. The maximum absolute atomic E-state index is 12.3. The number of carbonyl (C=O) groups excluding carboxylic acids is 3. The summed E-state index contributed by atoms with van der Waals surface area (Å²) >= 11 is 0. The molecule has 0 bridgehead atoms. The number of anilines is 1. The van der Waals surface area contributed by atoms with Gasteiger partial charge in [0, 0.05) is 28.7 Å². The Morgan fingerprint density at radius 1 is 1.31 bits per heavy atom. The number of nitrogens with one attached hydrogen (secondary N) is 1. The molecule has 0 aromatic heterocycles. The van der Waals surface area contributed by atoms with E-state index in [1.807, 2.05) is 21.6 Å². The number of ether oxygens (including phenoxy) is 1. The van der Waals surface area contributed by atoms with Gasteiger partial charge in [-0.25, -0.2) is 0 Å². The molecule has 1 aromatic rings. The third kappa shape index (κ3) is 4.82. The minimum absolute atomic E-state index is 0.0642. The fourth-order valence-corrected chi connectivity index (χ4v) is 6.13. The van der Waals surface area contributed by atoms with Crippen LogP contribution in [0.2, 0.25) is 0 Å². The summed E-state index contributed by atoms with van der Waals surface area (Å²) in [6.45, 7) is 1.56. The Labute approximate surface area is 161 Å². The number of hydrogen-bond acceptors (Lipinski definition) is 6. The van der Waals surface area contributed by atoms with Crippen molar-refractivity contribution in [2.45, 2.75) is 50.2 Å². The molecule has 3 rings (SSSR count). The quantitative estimate of drug-likeness (QED) is 0.309. The lowest BCUT2D eigenvalue weighted by atomic mass is 9.99. The molecule has 26 heavy (non-hydrogen) atoms. The fraction of sp³-hybridized carbons (Fsp3) is 0.526. The first-order valence-electron chi connectivity index (χ1n) is 8.96. The van der Waals surface area contributed by atoms with Crippen molar-refractivity contribution in [2.24, 2.45) is 0 Å². The first kappa shape index (κ1) is 19.3. The van der Waals surface area contributed by atoms with Crippen molar-refractivity contribution in [3.8, 4) is 0 Å². The predicted octanol–water partition coefficient (Wildman–Crippen LogP) is 4.18. The van der Waals surface area contributed by atoms with Crippen LogP contribution < -0.4 is 5.32 Å². The Bertz CT molecular complexity index is 701. The number of rotatable bonds is 8. The number of unbranched alkanes of at least 4 members (excludes halogenated alkanes) is 1. The van der Waals surface area contributed by atoms with Crippen LogP contribution >= 0.6 is 21.6 Å². The molecule has 1 amide bonds. The van der Waals surface area contributed by atoms with Crippen LogP contribution in [0.4, 0.5) is 5.69 Å². The first-order chi connectivity index (χ1) is 12.5. The summed E-state index contributed by atoms with van der Waals surface area (Å²) in [7, 11) is 3.88. The molecule has 140 valence electrons. The minimum Gasteiger partial charge on any atom is -0.457 e. The van der Waals surface area contributed by atoms with Gasteiger partial charge in [0.05, 0.1) is 5.92 Å². The first-order valence-corrected chi connectivity index (χ1v) is 11.3. The zero-order valence-corrected chi connectivity index (χ0v) is 16.4. The number of fused-ring (bicyclic) bond motifs is 1. The lowest BCUT2D eigenvalue weighted by molar-refractivity contribution is -0.142. The van der Waals surface area contributed by atoms with Crippen molar-refractivity contribution in [3.05, 3.63) is 29.3 Å². The van der Waals surface area contributed by atoms with Crippen LogP contribution in [0, 0.1) is 0 Å². The van der Waals surface area contributed by atoms with Gasteiger partial charge in [-0.05, 0) is 49.9 Å². The average molecular weight is 394 g/mol. The third-order valence-electron chi connectivity index (χ3n) is 4.74. The van der Waals surface area contributed by atoms with Crippen molar-refractivity contribution in [1.82, 2.24) is 0 Å². The van der Waals surface area contributed by atoms with Gasteiger partial charge < -0.3 is 10.1 Å². The normalized spacial score (nSPS) is 21.3. The molecule has 2 aliphatic heterocycles. The summed E-state index contributed by atoms with van der Waals surface area (Å²) in [4.78, 5) is 35.7. The summed E-state index contributed by atoms with van der Waals surface area (Å²) in [5, 5.41) is 3.50. The van der Waals surface area contributed by atoms with Gasteiger partial charge >= 0.3 is 5.97 Å². The number of ketones is 1. The van der Waals surface area contributed by atoms with Crippen LogP contribution in [0.3, 0.4) is 0 Å². The number of benzene rings is 1. The number of hydrogen-bond donors (Lipinski definition) is 1. The maximum Gasteiger partial charge on any atom is 0.306 e. The third-order valence-corrected chi connectivity index (χ3v) is 7.75. The second kappa shape index (κ2) is 8.95. The van der Waals surface area contributed by atoms with Crippen LogP contribution in [0.5, 0.6) is 0 Å². The highest BCUT2D eigenvalue weighted by Gasteiger charge is 2.27. The molecule has 0 unspecified atom stereocenters. The Morgan fingerprint density at radius 2 is 2.15 bits per heavy atom. The zero-order valence-electron chi connectivity index (χ0n) is 14.8. The molecule has 0 radical (unpaired) electrons. The van der Waals surface area contributed by atoms with E-state index in [1.165, 1.54) is 12.2 Å². The van der Waals surface area contributed by atoms with Crippen molar-refractivity contribution in [1.29, 1.82) is 0 Å². The van der Waals surface area contributed by atoms with Crippen molar-refractivity contribution in [3.63, 3.8) is 0 Å². The Morgan fingerprint density at radius 3 is 2.92 bits per heavy atom. The smallest absolute Gasteiger partial charge is 0.306 e.